The summed E-state index contributed by atoms with van der Waals surface area (Å²) in [7, 11) is 0. The second kappa shape index (κ2) is 3.09. The van der Waals surface area contributed by atoms with Gasteiger partial charge in [-0.05, 0) is 12.8 Å². The van der Waals surface area contributed by atoms with Crippen LogP contribution in [0.3, 0.4) is 0 Å². The van der Waals surface area contributed by atoms with E-state index >= 15 is 0 Å². The van der Waals surface area contributed by atoms with E-state index in [1.54, 1.807) is 0 Å². The second-order valence-corrected chi connectivity index (χ2v) is 3.27. The van der Waals surface area contributed by atoms with Crippen LogP contribution in [0.1, 0.15) is 37.3 Å². The minimum atomic E-state index is 0.254. The maximum Gasteiger partial charge on any atom is 0.155 e. The number of rotatable bonds is 1. The molecule has 1 aromatic rings. The first-order chi connectivity index (χ1) is 5.88. The van der Waals surface area contributed by atoms with Crippen LogP contribution >= 0.6 is 0 Å². The zero-order valence-electron chi connectivity index (χ0n) is 6.90. The van der Waals surface area contributed by atoms with Gasteiger partial charge in [-0.2, -0.15) is 0 Å². The zero-order chi connectivity index (χ0) is 8.39. The van der Waals surface area contributed by atoms with Gasteiger partial charge in [0.05, 0.1) is 11.9 Å². The van der Waals surface area contributed by atoms with Gasteiger partial charge in [0.15, 0.2) is 5.75 Å². The quantitative estimate of drug-likeness (QED) is 0.688. The number of aromatic nitrogens is 2. The lowest BCUT2D eigenvalue weighted by molar-refractivity contribution is 0.452. The lowest BCUT2D eigenvalue weighted by Gasteiger charge is -2.08. The first-order valence-corrected chi connectivity index (χ1v) is 4.37. The van der Waals surface area contributed by atoms with E-state index in [-0.39, 0.29) is 5.75 Å². The fraction of sp³-hybridized carbons (Fsp3) is 0.556. The summed E-state index contributed by atoms with van der Waals surface area (Å²) in [6.45, 7) is 0. The lowest BCUT2D eigenvalue weighted by Crippen LogP contribution is -1.96. The molecule has 1 N–H and O–H groups in total. The first kappa shape index (κ1) is 7.53. The largest absolute Gasteiger partial charge is 0.504 e. The molecule has 1 aliphatic rings. The molecule has 0 aliphatic heterocycles. The molecular weight excluding hydrogens is 152 g/mol. The third-order valence-electron chi connectivity index (χ3n) is 2.46. The average molecular weight is 164 g/mol. The van der Waals surface area contributed by atoms with Crippen LogP contribution in [0.25, 0.3) is 0 Å². The van der Waals surface area contributed by atoms with Gasteiger partial charge in [0, 0.05) is 5.92 Å². The van der Waals surface area contributed by atoms with Gasteiger partial charge in [-0.25, -0.2) is 9.97 Å². The Morgan fingerprint density at radius 2 is 2.08 bits per heavy atom. The van der Waals surface area contributed by atoms with Crippen molar-refractivity contribution in [3.05, 3.63) is 18.2 Å². The van der Waals surface area contributed by atoms with Crippen molar-refractivity contribution in [3.8, 4) is 5.75 Å². The monoisotopic (exact) mass is 164 g/mol. The minimum absolute atomic E-state index is 0.254. The molecule has 2 rings (SSSR count). The summed E-state index contributed by atoms with van der Waals surface area (Å²) in [5.74, 6) is 0.720. The van der Waals surface area contributed by atoms with Crippen LogP contribution < -0.4 is 0 Å². The Kier molecular flexibility index (Phi) is 1.94. The molecule has 0 spiro atoms. The van der Waals surface area contributed by atoms with Crippen LogP contribution in [0.2, 0.25) is 0 Å². The third kappa shape index (κ3) is 1.26. The summed E-state index contributed by atoms with van der Waals surface area (Å²) < 4.78 is 0. The molecule has 1 saturated carbocycles. The van der Waals surface area contributed by atoms with Crippen LogP contribution in [0.15, 0.2) is 12.5 Å². The summed E-state index contributed by atoms with van der Waals surface area (Å²) in [4.78, 5) is 7.85. The molecular formula is C9H12N2O. The van der Waals surface area contributed by atoms with Crippen LogP contribution in [0, 0.1) is 0 Å². The summed E-state index contributed by atoms with van der Waals surface area (Å²) in [5, 5.41) is 9.45. The average Bonchev–Trinajstić information content (AvgIpc) is 2.57. The van der Waals surface area contributed by atoms with Crippen LogP contribution in [0.4, 0.5) is 0 Å². The molecule has 64 valence electrons. The van der Waals surface area contributed by atoms with Crippen molar-refractivity contribution in [2.24, 2.45) is 0 Å². The van der Waals surface area contributed by atoms with Gasteiger partial charge >= 0.3 is 0 Å². The van der Waals surface area contributed by atoms with Gasteiger partial charge in [0.2, 0.25) is 0 Å². The Morgan fingerprint density at radius 1 is 1.33 bits per heavy atom. The molecule has 1 aliphatic carbocycles. The molecule has 1 fully saturated rings. The van der Waals surface area contributed by atoms with Crippen molar-refractivity contribution < 1.29 is 5.11 Å². The van der Waals surface area contributed by atoms with Gasteiger partial charge < -0.3 is 5.11 Å². The van der Waals surface area contributed by atoms with Gasteiger partial charge in [-0.1, -0.05) is 12.8 Å². The zero-order valence-corrected chi connectivity index (χ0v) is 6.90. The van der Waals surface area contributed by atoms with E-state index in [0.29, 0.717) is 5.92 Å². The summed E-state index contributed by atoms with van der Waals surface area (Å²) in [6, 6.07) is 0. The predicted octanol–water partition coefficient (Wildman–Crippen LogP) is 1.84. The molecule has 1 heterocycles. The standard InChI is InChI=1S/C9H12N2O/c12-8-5-10-6-11-9(8)7-3-1-2-4-7/h5-7,12H,1-4H2. The smallest absolute Gasteiger partial charge is 0.155 e. The molecule has 3 heteroatoms. The second-order valence-electron chi connectivity index (χ2n) is 3.27. The predicted molar refractivity (Wildman–Crippen MR) is 44.9 cm³/mol. The normalized spacial score (nSPS) is 18.3. The van der Waals surface area contributed by atoms with Crippen LogP contribution in [-0.4, -0.2) is 15.1 Å². The van der Waals surface area contributed by atoms with Crippen molar-refractivity contribution in [2.45, 2.75) is 31.6 Å². The van der Waals surface area contributed by atoms with Crippen molar-refractivity contribution in [2.75, 3.05) is 0 Å². The van der Waals surface area contributed by atoms with Crippen molar-refractivity contribution in [1.82, 2.24) is 9.97 Å². The fourth-order valence-electron chi connectivity index (χ4n) is 1.85. The molecule has 0 bridgehead atoms. The Bertz CT molecular complexity index is 269. The molecule has 0 aromatic carbocycles. The van der Waals surface area contributed by atoms with E-state index in [0.717, 1.165) is 18.5 Å². The molecule has 0 amide bonds. The number of hydrogen-bond donors (Lipinski definition) is 1. The van der Waals surface area contributed by atoms with Gasteiger partial charge in [0.25, 0.3) is 0 Å². The molecule has 3 nitrogen and oxygen atoms in total. The van der Waals surface area contributed by atoms with E-state index in [4.69, 9.17) is 0 Å². The van der Waals surface area contributed by atoms with Crippen LogP contribution in [-0.2, 0) is 0 Å². The van der Waals surface area contributed by atoms with Crippen molar-refractivity contribution in [3.63, 3.8) is 0 Å². The topological polar surface area (TPSA) is 46.0 Å². The van der Waals surface area contributed by atoms with E-state index in [1.165, 1.54) is 25.4 Å². The number of hydrogen-bond acceptors (Lipinski definition) is 3. The minimum Gasteiger partial charge on any atom is -0.504 e. The molecule has 1 aromatic heterocycles. The lowest BCUT2D eigenvalue weighted by atomic mass is 10.0. The molecule has 0 saturated heterocycles. The summed E-state index contributed by atoms with van der Waals surface area (Å²) in [6.07, 6.45) is 7.81. The highest BCUT2D eigenvalue weighted by atomic mass is 16.3. The van der Waals surface area contributed by atoms with E-state index < -0.39 is 0 Å². The van der Waals surface area contributed by atoms with Gasteiger partial charge in [-0.15, -0.1) is 0 Å². The Hall–Kier alpha value is -1.12. The van der Waals surface area contributed by atoms with E-state index in [1.807, 2.05) is 0 Å². The first-order valence-electron chi connectivity index (χ1n) is 4.37. The highest BCUT2D eigenvalue weighted by molar-refractivity contribution is 5.25. The molecule has 12 heavy (non-hydrogen) atoms. The third-order valence-corrected chi connectivity index (χ3v) is 2.46. The van der Waals surface area contributed by atoms with Crippen molar-refractivity contribution >= 4 is 0 Å². The number of aromatic hydroxyl groups is 1. The Balaban J connectivity index is 2.26. The summed E-state index contributed by atoms with van der Waals surface area (Å²) in [5.41, 5.74) is 0.836. The molecule has 0 unspecified atom stereocenters. The SMILES string of the molecule is Oc1cncnc1C1CCCC1. The summed E-state index contributed by atoms with van der Waals surface area (Å²) >= 11 is 0. The van der Waals surface area contributed by atoms with Gasteiger partial charge in [0.1, 0.15) is 6.33 Å². The van der Waals surface area contributed by atoms with Crippen molar-refractivity contribution in [1.29, 1.82) is 0 Å². The van der Waals surface area contributed by atoms with E-state index in [2.05, 4.69) is 9.97 Å². The van der Waals surface area contributed by atoms with Crippen LogP contribution in [0.5, 0.6) is 5.75 Å². The highest BCUT2D eigenvalue weighted by Crippen LogP contribution is 2.36. The molecule has 0 radical (unpaired) electrons. The van der Waals surface area contributed by atoms with Gasteiger partial charge in [-0.3, -0.25) is 0 Å². The maximum atomic E-state index is 9.45. The Labute approximate surface area is 71.5 Å². The molecule has 0 atom stereocenters. The maximum absolute atomic E-state index is 9.45. The van der Waals surface area contributed by atoms with E-state index in [9.17, 15) is 5.11 Å². The Morgan fingerprint density at radius 3 is 2.75 bits per heavy atom. The number of nitrogens with zero attached hydrogens (tertiary/aromatic N) is 2. The fourth-order valence-corrected chi connectivity index (χ4v) is 1.85. The highest BCUT2D eigenvalue weighted by Gasteiger charge is 2.20.